The lowest BCUT2D eigenvalue weighted by Gasteiger charge is -2.04. The summed E-state index contributed by atoms with van der Waals surface area (Å²) in [6.07, 6.45) is 1.88. The highest BCUT2D eigenvalue weighted by Crippen LogP contribution is 2.16. The van der Waals surface area contributed by atoms with Gasteiger partial charge in [-0.1, -0.05) is 36.7 Å². The minimum Gasteiger partial charge on any atom is -0.311 e. The Balaban J connectivity index is 1.93. The lowest BCUT2D eigenvalue weighted by molar-refractivity contribution is 0.548. The van der Waals surface area contributed by atoms with Crippen LogP contribution in [0.5, 0.6) is 0 Å². The maximum absolute atomic E-state index is 13.1. The van der Waals surface area contributed by atoms with E-state index < -0.39 is 5.82 Å². The Kier molecular flexibility index (Phi) is 5.09. The summed E-state index contributed by atoms with van der Waals surface area (Å²) in [6.45, 7) is 6.48. The van der Waals surface area contributed by atoms with Gasteiger partial charge in [0.2, 0.25) is 0 Å². The largest absolute Gasteiger partial charge is 0.311 e. The summed E-state index contributed by atoms with van der Waals surface area (Å²) in [5.74, 6) is 0.194. The highest BCUT2D eigenvalue weighted by atomic mass is 35.5. The average Bonchev–Trinajstić information content (AvgIpc) is 2.81. The number of nitrogens with zero attached hydrogens (tertiary/aromatic N) is 3. The number of halogens is 2. The standard InChI is InChI=1S/C14H18ClFN4/c1-10(2)6-17-7-12-9-20(19-18-12)8-11-3-4-14(16)13(15)5-11/h3-5,9-10,17H,6-8H2,1-2H3. The van der Waals surface area contributed by atoms with Crippen LogP contribution in [0.2, 0.25) is 5.02 Å². The van der Waals surface area contributed by atoms with Gasteiger partial charge in [0.25, 0.3) is 0 Å². The SMILES string of the molecule is CC(C)CNCc1cn(Cc2ccc(F)c(Cl)c2)nn1. The first-order valence-corrected chi connectivity index (χ1v) is 6.96. The van der Waals surface area contributed by atoms with Crippen molar-refractivity contribution in [3.05, 3.63) is 46.5 Å². The summed E-state index contributed by atoms with van der Waals surface area (Å²) in [5, 5.41) is 11.6. The van der Waals surface area contributed by atoms with Crippen LogP contribution < -0.4 is 5.32 Å². The van der Waals surface area contributed by atoms with Gasteiger partial charge >= 0.3 is 0 Å². The summed E-state index contributed by atoms with van der Waals surface area (Å²) < 4.78 is 14.8. The number of hydrogen-bond donors (Lipinski definition) is 1. The Bertz CT molecular complexity index is 568. The normalized spacial score (nSPS) is 11.2. The van der Waals surface area contributed by atoms with Crippen molar-refractivity contribution in [3.63, 3.8) is 0 Å². The van der Waals surface area contributed by atoms with E-state index in [0.29, 0.717) is 19.0 Å². The second kappa shape index (κ2) is 6.81. The van der Waals surface area contributed by atoms with Gasteiger partial charge in [-0.2, -0.15) is 0 Å². The van der Waals surface area contributed by atoms with E-state index in [1.165, 1.54) is 6.07 Å². The summed E-state index contributed by atoms with van der Waals surface area (Å²) in [5.41, 5.74) is 1.78. The van der Waals surface area contributed by atoms with Gasteiger partial charge in [-0.25, -0.2) is 9.07 Å². The van der Waals surface area contributed by atoms with Gasteiger partial charge in [-0.15, -0.1) is 5.10 Å². The molecule has 0 atom stereocenters. The van der Waals surface area contributed by atoms with Crippen LogP contribution >= 0.6 is 11.6 Å². The van der Waals surface area contributed by atoms with Gasteiger partial charge in [0, 0.05) is 6.54 Å². The van der Waals surface area contributed by atoms with E-state index in [1.54, 1.807) is 16.8 Å². The first-order valence-electron chi connectivity index (χ1n) is 6.58. The summed E-state index contributed by atoms with van der Waals surface area (Å²) in [6, 6.07) is 4.66. The molecule has 2 rings (SSSR count). The Hall–Kier alpha value is -1.46. The first kappa shape index (κ1) is 14.9. The van der Waals surface area contributed by atoms with E-state index in [4.69, 9.17) is 11.6 Å². The number of benzene rings is 1. The van der Waals surface area contributed by atoms with Gasteiger partial charge in [0.1, 0.15) is 5.82 Å². The molecule has 0 spiro atoms. The molecule has 0 unspecified atom stereocenters. The van der Waals surface area contributed by atoms with Crippen molar-refractivity contribution in [1.29, 1.82) is 0 Å². The van der Waals surface area contributed by atoms with E-state index >= 15 is 0 Å². The predicted molar refractivity (Wildman–Crippen MR) is 77.1 cm³/mol. The third-order valence-corrected chi connectivity index (χ3v) is 3.06. The van der Waals surface area contributed by atoms with Crippen molar-refractivity contribution >= 4 is 11.6 Å². The van der Waals surface area contributed by atoms with Gasteiger partial charge in [-0.3, -0.25) is 0 Å². The van der Waals surface area contributed by atoms with E-state index in [9.17, 15) is 4.39 Å². The van der Waals surface area contributed by atoms with E-state index in [0.717, 1.165) is 17.8 Å². The average molecular weight is 297 g/mol. The maximum atomic E-state index is 13.1. The molecule has 1 heterocycles. The van der Waals surface area contributed by atoms with Crippen molar-refractivity contribution in [2.45, 2.75) is 26.9 Å². The van der Waals surface area contributed by atoms with Crippen molar-refractivity contribution in [2.75, 3.05) is 6.54 Å². The van der Waals surface area contributed by atoms with Crippen molar-refractivity contribution in [1.82, 2.24) is 20.3 Å². The molecule has 1 aromatic heterocycles. The predicted octanol–water partition coefficient (Wildman–Crippen LogP) is 2.86. The third kappa shape index (κ3) is 4.28. The third-order valence-electron chi connectivity index (χ3n) is 2.77. The minimum absolute atomic E-state index is 0.126. The quantitative estimate of drug-likeness (QED) is 0.891. The number of aromatic nitrogens is 3. The molecule has 20 heavy (non-hydrogen) atoms. The molecule has 6 heteroatoms. The zero-order valence-corrected chi connectivity index (χ0v) is 12.4. The molecule has 0 aliphatic rings. The van der Waals surface area contributed by atoms with Crippen LogP contribution in [0.1, 0.15) is 25.1 Å². The topological polar surface area (TPSA) is 42.7 Å². The zero-order valence-electron chi connectivity index (χ0n) is 11.6. The summed E-state index contributed by atoms with van der Waals surface area (Å²) in [4.78, 5) is 0. The fourth-order valence-electron chi connectivity index (χ4n) is 1.81. The monoisotopic (exact) mass is 296 g/mol. The molecule has 2 aromatic rings. The van der Waals surface area contributed by atoms with Crippen molar-refractivity contribution in [3.8, 4) is 0 Å². The van der Waals surface area contributed by atoms with Crippen LogP contribution in [0.15, 0.2) is 24.4 Å². The van der Waals surface area contributed by atoms with E-state index in [1.807, 2.05) is 6.20 Å². The fraction of sp³-hybridized carbons (Fsp3) is 0.429. The van der Waals surface area contributed by atoms with Crippen molar-refractivity contribution < 1.29 is 4.39 Å². The molecule has 4 nitrogen and oxygen atoms in total. The van der Waals surface area contributed by atoms with Gasteiger partial charge < -0.3 is 5.32 Å². The smallest absolute Gasteiger partial charge is 0.141 e. The van der Waals surface area contributed by atoms with E-state index in [2.05, 4.69) is 29.5 Å². The molecular formula is C14H18ClFN4. The Morgan fingerprint density at radius 2 is 2.20 bits per heavy atom. The van der Waals surface area contributed by atoms with Crippen LogP contribution in [-0.4, -0.2) is 21.5 Å². The first-order chi connectivity index (χ1) is 9.54. The molecule has 1 aromatic carbocycles. The Morgan fingerprint density at radius 1 is 1.40 bits per heavy atom. The second-order valence-corrected chi connectivity index (χ2v) is 5.59. The summed E-state index contributed by atoms with van der Waals surface area (Å²) in [7, 11) is 0. The fourth-order valence-corrected chi connectivity index (χ4v) is 2.01. The van der Waals surface area contributed by atoms with Crippen LogP contribution in [0.4, 0.5) is 4.39 Å². The Morgan fingerprint density at radius 3 is 2.90 bits per heavy atom. The number of nitrogens with one attached hydrogen (secondary N) is 1. The Labute approximate surface area is 122 Å². The zero-order chi connectivity index (χ0) is 14.5. The molecule has 0 radical (unpaired) electrons. The number of rotatable bonds is 6. The second-order valence-electron chi connectivity index (χ2n) is 5.18. The van der Waals surface area contributed by atoms with Crippen LogP contribution in [-0.2, 0) is 13.1 Å². The molecule has 0 amide bonds. The highest BCUT2D eigenvalue weighted by Gasteiger charge is 2.04. The molecule has 108 valence electrons. The molecule has 0 aliphatic carbocycles. The minimum atomic E-state index is -0.410. The molecular weight excluding hydrogens is 279 g/mol. The molecule has 0 bridgehead atoms. The van der Waals surface area contributed by atoms with Crippen molar-refractivity contribution in [2.24, 2.45) is 5.92 Å². The lowest BCUT2D eigenvalue weighted by Crippen LogP contribution is -2.19. The van der Waals surface area contributed by atoms with Gasteiger partial charge in [0.15, 0.2) is 0 Å². The number of hydrogen-bond acceptors (Lipinski definition) is 3. The van der Waals surface area contributed by atoms with Gasteiger partial charge in [0.05, 0.1) is 23.5 Å². The molecule has 1 N–H and O–H groups in total. The van der Waals surface area contributed by atoms with Crippen LogP contribution in [0.25, 0.3) is 0 Å². The van der Waals surface area contributed by atoms with Crippen LogP contribution in [0.3, 0.4) is 0 Å². The van der Waals surface area contributed by atoms with Gasteiger partial charge in [-0.05, 0) is 30.2 Å². The molecule has 0 fully saturated rings. The summed E-state index contributed by atoms with van der Waals surface area (Å²) >= 11 is 5.75. The molecule has 0 saturated carbocycles. The van der Waals surface area contributed by atoms with Crippen LogP contribution in [0, 0.1) is 11.7 Å². The molecule has 0 aliphatic heterocycles. The van der Waals surface area contributed by atoms with E-state index in [-0.39, 0.29) is 5.02 Å². The highest BCUT2D eigenvalue weighted by molar-refractivity contribution is 6.30. The maximum Gasteiger partial charge on any atom is 0.141 e. The lowest BCUT2D eigenvalue weighted by atomic mass is 10.2. The molecule has 0 saturated heterocycles.